The molecule has 9 heteroatoms. The van der Waals surface area contributed by atoms with Crippen molar-refractivity contribution in [2.75, 3.05) is 5.75 Å². The number of nitrogens with one attached hydrogen (secondary N) is 2. The largest absolute Gasteiger partial charge is 0.480 e. The second-order valence-corrected chi connectivity index (χ2v) is 8.02. The van der Waals surface area contributed by atoms with Crippen molar-refractivity contribution < 1.29 is 14.7 Å². The quantitative estimate of drug-likeness (QED) is 0.367. The maximum absolute atomic E-state index is 12.5. The maximum atomic E-state index is 12.5. The summed E-state index contributed by atoms with van der Waals surface area (Å²) in [6.07, 6.45) is 3.57. The highest BCUT2D eigenvalue weighted by Gasteiger charge is 2.22. The minimum atomic E-state index is -1.08. The Balaban J connectivity index is 1.41. The number of aromatic amines is 1. The zero-order valence-corrected chi connectivity index (χ0v) is 17.6. The van der Waals surface area contributed by atoms with Crippen LogP contribution in [0.2, 0.25) is 0 Å². The normalized spacial score (nSPS) is 12.0. The van der Waals surface area contributed by atoms with Crippen molar-refractivity contribution in [3.8, 4) is 5.69 Å². The van der Waals surface area contributed by atoms with Crippen molar-refractivity contribution in [2.45, 2.75) is 24.5 Å². The lowest BCUT2D eigenvalue weighted by atomic mass is 10.1. The number of carboxylic acid groups (broad SMARTS) is 1. The van der Waals surface area contributed by atoms with E-state index >= 15 is 0 Å². The third-order valence-corrected chi connectivity index (χ3v) is 5.90. The predicted molar refractivity (Wildman–Crippen MR) is 118 cm³/mol. The van der Waals surface area contributed by atoms with Gasteiger partial charge in [-0.15, -0.1) is 10.2 Å². The molecule has 1 amide bonds. The van der Waals surface area contributed by atoms with E-state index in [9.17, 15) is 14.7 Å². The first-order valence-electron chi connectivity index (χ1n) is 9.69. The third kappa shape index (κ3) is 4.61. The fraction of sp³-hybridized carbons (Fsp3) is 0.182. The first-order valence-corrected chi connectivity index (χ1v) is 10.7. The topological polar surface area (TPSA) is 113 Å². The van der Waals surface area contributed by atoms with Crippen molar-refractivity contribution in [1.29, 1.82) is 0 Å². The van der Waals surface area contributed by atoms with Crippen LogP contribution in [0.3, 0.4) is 0 Å². The summed E-state index contributed by atoms with van der Waals surface area (Å²) in [7, 11) is 0. The fourth-order valence-corrected chi connectivity index (χ4v) is 4.14. The van der Waals surface area contributed by atoms with Gasteiger partial charge >= 0.3 is 5.97 Å². The number of benzene rings is 2. The Bertz CT molecular complexity index is 1230. The van der Waals surface area contributed by atoms with Gasteiger partial charge in [-0.1, -0.05) is 48.2 Å². The van der Waals surface area contributed by atoms with Crippen LogP contribution < -0.4 is 5.32 Å². The number of aryl methyl sites for hydroxylation is 1. The number of nitrogens with zero attached hydrogens (tertiary/aromatic N) is 3. The SMILES string of the molecule is Cc1ccccc1-n1cnnc1SCC(=O)N[C@@H](Cc1c[nH]c2ccccc12)C(=O)O. The minimum absolute atomic E-state index is 0.0300. The van der Waals surface area contributed by atoms with E-state index in [1.54, 1.807) is 12.5 Å². The number of carbonyl (C=O) groups excluding carboxylic acids is 1. The number of fused-ring (bicyclic) bond motifs is 1. The second-order valence-electron chi connectivity index (χ2n) is 7.08. The molecule has 0 aliphatic carbocycles. The van der Waals surface area contributed by atoms with Crippen LogP contribution in [0, 0.1) is 6.92 Å². The smallest absolute Gasteiger partial charge is 0.326 e. The number of aliphatic carboxylic acids is 1. The van der Waals surface area contributed by atoms with Crippen LogP contribution in [0.5, 0.6) is 0 Å². The van der Waals surface area contributed by atoms with E-state index in [4.69, 9.17) is 0 Å². The molecule has 2 heterocycles. The summed E-state index contributed by atoms with van der Waals surface area (Å²) in [5.41, 5.74) is 3.76. The van der Waals surface area contributed by atoms with Crippen LogP contribution >= 0.6 is 11.8 Å². The molecule has 0 unspecified atom stereocenters. The Labute approximate surface area is 182 Å². The Morgan fingerprint density at radius 2 is 1.97 bits per heavy atom. The number of H-pyrrole nitrogens is 1. The lowest BCUT2D eigenvalue weighted by Crippen LogP contribution is -2.43. The summed E-state index contributed by atoms with van der Waals surface area (Å²) in [6, 6.07) is 14.4. The molecule has 0 saturated carbocycles. The molecule has 0 aliphatic rings. The number of hydrogen-bond acceptors (Lipinski definition) is 5. The first-order chi connectivity index (χ1) is 15.0. The van der Waals surface area contributed by atoms with Gasteiger partial charge in [-0.25, -0.2) is 4.79 Å². The number of aromatic nitrogens is 4. The van der Waals surface area contributed by atoms with E-state index in [-0.39, 0.29) is 18.1 Å². The van der Waals surface area contributed by atoms with Gasteiger partial charge in [0.1, 0.15) is 12.4 Å². The van der Waals surface area contributed by atoms with Crippen molar-refractivity contribution in [3.05, 3.63) is 72.2 Å². The molecule has 0 bridgehead atoms. The first kappa shape index (κ1) is 20.7. The zero-order valence-electron chi connectivity index (χ0n) is 16.8. The number of amides is 1. The highest BCUT2D eigenvalue weighted by atomic mass is 32.2. The van der Waals surface area contributed by atoms with Crippen molar-refractivity contribution in [3.63, 3.8) is 0 Å². The maximum Gasteiger partial charge on any atom is 0.326 e. The van der Waals surface area contributed by atoms with Crippen molar-refractivity contribution >= 4 is 34.5 Å². The van der Waals surface area contributed by atoms with Gasteiger partial charge in [0.15, 0.2) is 5.16 Å². The average molecular weight is 436 g/mol. The molecule has 0 saturated heterocycles. The molecule has 0 fully saturated rings. The van der Waals surface area contributed by atoms with Gasteiger partial charge in [0, 0.05) is 23.5 Å². The highest BCUT2D eigenvalue weighted by molar-refractivity contribution is 7.99. The third-order valence-electron chi connectivity index (χ3n) is 4.96. The second kappa shape index (κ2) is 9.05. The Hall–Kier alpha value is -3.59. The summed E-state index contributed by atoms with van der Waals surface area (Å²) in [6.45, 7) is 1.98. The van der Waals surface area contributed by atoms with E-state index in [1.807, 2.05) is 60.0 Å². The minimum Gasteiger partial charge on any atom is -0.480 e. The number of carboxylic acids is 1. The Morgan fingerprint density at radius 3 is 2.77 bits per heavy atom. The van der Waals surface area contributed by atoms with Crippen LogP contribution in [0.25, 0.3) is 16.6 Å². The molecule has 4 aromatic rings. The predicted octanol–water partition coefficient (Wildman–Crippen LogP) is 2.96. The van der Waals surface area contributed by atoms with E-state index in [0.717, 1.165) is 27.7 Å². The number of hydrogen-bond donors (Lipinski definition) is 3. The number of para-hydroxylation sites is 2. The molecule has 158 valence electrons. The van der Waals surface area contributed by atoms with E-state index in [0.29, 0.717) is 5.16 Å². The molecule has 0 radical (unpaired) electrons. The molecule has 3 N–H and O–H groups in total. The van der Waals surface area contributed by atoms with Crippen LogP contribution in [-0.4, -0.2) is 48.5 Å². The van der Waals surface area contributed by atoms with Crippen LogP contribution in [0.4, 0.5) is 0 Å². The van der Waals surface area contributed by atoms with E-state index < -0.39 is 12.0 Å². The Morgan fingerprint density at radius 1 is 1.19 bits per heavy atom. The van der Waals surface area contributed by atoms with Crippen molar-refractivity contribution in [1.82, 2.24) is 25.1 Å². The molecule has 1 atom stereocenters. The summed E-state index contributed by atoms with van der Waals surface area (Å²) in [5.74, 6) is -1.43. The molecule has 0 spiro atoms. The molecule has 0 aliphatic heterocycles. The van der Waals surface area contributed by atoms with E-state index in [2.05, 4.69) is 20.5 Å². The van der Waals surface area contributed by atoms with Gasteiger partial charge in [0.25, 0.3) is 0 Å². The highest BCUT2D eigenvalue weighted by Crippen LogP contribution is 2.22. The molecular formula is C22H21N5O3S. The molecular weight excluding hydrogens is 414 g/mol. The van der Waals surface area contributed by atoms with Gasteiger partial charge in [-0.2, -0.15) is 0 Å². The molecule has 2 aromatic heterocycles. The lowest BCUT2D eigenvalue weighted by molar-refractivity contribution is -0.141. The van der Waals surface area contributed by atoms with Crippen molar-refractivity contribution in [2.24, 2.45) is 0 Å². The number of rotatable bonds is 8. The molecule has 2 aromatic carbocycles. The van der Waals surface area contributed by atoms with Gasteiger partial charge in [0.2, 0.25) is 5.91 Å². The van der Waals surface area contributed by atoms with Crippen LogP contribution in [-0.2, 0) is 16.0 Å². The van der Waals surface area contributed by atoms with E-state index in [1.165, 1.54) is 11.8 Å². The van der Waals surface area contributed by atoms with Gasteiger partial charge in [0.05, 0.1) is 11.4 Å². The average Bonchev–Trinajstić information content (AvgIpc) is 3.39. The van der Waals surface area contributed by atoms with Gasteiger partial charge < -0.3 is 15.4 Å². The summed E-state index contributed by atoms with van der Waals surface area (Å²) < 4.78 is 1.81. The summed E-state index contributed by atoms with van der Waals surface area (Å²) in [5, 5.41) is 21.8. The summed E-state index contributed by atoms with van der Waals surface area (Å²) in [4.78, 5) is 27.4. The number of carbonyl (C=O) groups is 2. The number of thioether (sulfide) groups is 1. The molecule has 4 rings (SSSR count). The monoisotopic (exact) mass is 435 g/mol. The summed E-state index contributed by atoms with van der Waals surface area (Å²) >= 11 is 1.21. The van der Waals surface area contributed by atoms with Gasteiger partial charge in [-0.05, 0) is 30.2 Å². The zero-order chi connectivity index (χ0) is 21.8. The van der Waals surface area contributed by atoms with Crippen LogP contribution in [0.15, 0.2) is 66.2 Å². The lowest BCUT2D eigenvalue weighted by Gasteiger charge is -2.14. The molecule has 31 heavy (non-hydrogen) atoms. The van der Waals surface area contributed by atoms with Gasteiger partial charge in [-0.3, -0.25) is 9.36 Å². The molecule has 8 nitrogen and oxygen atoms in total. The Kier molecular flexibility index (Phi) is 6.03. The fourth-order valence-electron chi connectivity index (χ4n) is 3.41. The standard InChI is InChI=1S/C22H21N5O3S/c1-14-6-2-5-9-19(14)27-13-24-26-22(27)31-12-20(28)25-18(21(29)30)10-15-11-23-17-8-4-3-7-16(15)17/h2-9,11,13,18,23H,10,12H2,1H3,(H,25,28)(H,29,30)/t18-/m0/s1. The van der Waals surface area contributed by atoms with Crippen LogP contribution in [0.1, 0.15) is 11.1 Å².